The molecule has 43 heavy (non-hydrogen) atoms. The lowest BCUT2D eigenvalue weighted by atomic mass is 9.81. The van der Waals surface area contributed by atoms with Crippen molar-refractivity contribution < 1.29 is 23.9 Å². The van der Waals surface area contributed by atoms with Crippen LogP contribution in [-0.2, 0) is 33.7 Å². The summed E-state index contributed by atoms with van der Waals surface area (Å²) in [5.74, 6) is 0.0814. The van der Waals surface area contributed by atoms with Gasteiger partial charge in [0.1, 0.15) is 17.0 Å². The number of hydrogen-bond acceptors (Lipinski definition) is 7. The Kier molecular flexibility index (Phi) is 10.4. The number of fused-ring (bicyclic) bond motifs is 1. The number of ketones is 1. The van der Waals surface area contributed by atoms with Crippen molar-refractivity contribution >= 4 is 17.8 Å². The SMILES string of the molecule is CCCCc1c(-c2ccc(C(=O)C3CNCCC3C(=O)OC(C)(C)C)cc2)nc2n1CCC(CNC(=O)OC(C)(C)C)C2. The Bertz CT molecular complexity index is 1290. The van der Waals surface area contributed by atoms with Crippen LogP contribution >= 0.6 is 0 Å². The van der Waals surface area contributed by atoms with E-state index in [0.717, 1.165) is 55.7 Å². The predicted octanol–water partition coefficient (Wildman–Crippen LogP) is 5.73. The minimum atomic E-state index is -0.592. The molecule has 0 bridgehead atoms. The van der Waals surface area contributed by atoms with Crippen molar-refractivity contribution in [3.05, 3.63) is 41.3 Å². The Balaban J connectivity index is 1.50. The lowest BCUT2D eigenvalue weighted by molar-refractivity contribution is -0.162. The van der Waals surface area contributed by atoms with Crippen LogP contribution in [0.15, 0.2) is 24.3 Å². The van der Waals surface area contributed by atoms with Crippen LogP contribution in [0.5, 0.6) is 0 Å². The lowest BCUT2D eigenvalue weighted by Crippen LogP contribution is -2.45. The maximum Gasteiger partial charge on any atom is 0.407 e. The number of esters is 1. The van der Waals surface area contributed by atoms with Crippen molar-refractivity contribution in [3.8, 4) is 11.3 Å². The molecule has 3 heterocycles. The zero-order valence-corrected chi connectivity index (χ0v) is 27.0. The molecule has 0 spiro atoms. The molecule has 0 aliphatic carbocycles. The normalized spacial score (nSPS) is 20.7. The summed E-state index contributed by atoms with van der Waals surface area (Å²) >= 11 is 0. The first-order valence-electron chi connectivity index (χ1n) is 15.9. The van der Waals surface area contributed by atoms with Gasteiger partial charge in [-0.1, -0.05) is 37.6 Å². The van der Waals surface area contributed by atoms with E-state index >= 15 is 0 Å². The molecule has 1 amide bonds. The van der Waals surface area contributed by atoms with Crippen LogP contribution in [0.1, 0.15) is 96.0 Å². The standard InChI is InChI=1S/C34H50N4O5/c1-8-9-10-27-29(37-28-19-22(16-18-38(27)28)20-36-32(41)43-34(5,6)7)23-11-13-24(14-12-23)30(39)26-21-35-17-15-25(26)31(40)42-33(2,3)4/h11-14,22,25-26,35H,8-10,15-21H2,1-7H3,(H,36,41). The number of carbonyl (C=O) groups is 3. The van der Waals surface area contributed by atoms with Gasteiger partial charge in [0.25, 0.3) is 0 Å². The highest BCUT2D eigenvalue weighted by atomic mass is 16.6. The molecule has 3 atom stereocenters. The second kappa shape index (κ2) is 13.6. The quantitative estimate of drug-likeness (QED) is 0.282. The van der Waals surface area contributed by atoms with E-state index in [4.69, 9.17) is 14.5 Å². The topological polar surface area (TPSA) is 112 Å². The number of Topliss-reactive ketones (excluding diaryl/α,β-unsaturated/α-hetero) is 1. The average Bonchev–Trinajstić information content (AvgIpc) is 3.30. The molecule has 4 rings (SSSR count). The molecule has 2 N–H and O–H groups in total. The third-order valence-corrected chi connectivity index (χ3v) is 8.06. The number of rotatable bonds is 9. The fraction of sp³-hybridized carbons (Fsp3) is 0.647. The first-order valence-corrected chi connectivity index (χ1v) is 15.9. The third-order valence-electron chi connectivity index (χ3n) is 8.06. The fourth-order valence-corrected chi connectivity index (χ4v) is 5.97. The van der Waals surface area contributed by atoms with E-state index in [9.17, 15) is 14.4 Å². The number of imidazole rings is 1. The molecule has 9 nitrogen and oxygen atoms in total. The van der Waals surface area contributed by atoms with Gasteiger partial charge < -0.3 is 24.7 Å². The Morgan fingerprint density at radius 2 is 1.70 bits per heavy atom. The van der Waals surface area contributed by atoms with Gasteiger partial charge in [0.05, 0.1) is 11.6 Å². The third kappa shape index (κ3) is 8.68. The number of ether oxygens (including phenoxy) is 2. The molecular formula is C34H50N4O5. The van der Waals surface area contributed by atoms with Crippen LogP contribution in [-0.4, -0.2) is 58.2 Å². The van der Waals surface area contributed by atoms with Crippen molar-refractivity contribution in [1.29, 1.82) is 0 Å². The Labute approximate surface area is 256 Å². The number of piperidine rings is 1. The number of benzene rings is 1. The van der Waals surface area contributed by atoms with Crippen molar-refractivity contribution in [2.45, 2.75) is 105 Å². The summed E-state index contributed by atoms with van der Waals surface area (Å²) in [6.45, 7) is 15.9. The minimum Gasteiger partial charge on any atom is -0.460 e. The van der Waals surface area contributed by atoms with Gasteiger partial charge in [0.2, 0.25) is 0 Å². The number of nitrogens with zero attached hydrogens (tertiary/aromatic N) is 2. The molecule has 0 saturated carbocycles. The monoisotopic (exact) mass is 594 g/mol. The number of nitrogens with one attached hydrogen (secondary N) is 2. The maximum atomic E-state index is 13.6. The zero-order chi connectivity index (χ0) is 31.4. The predicted molar refractivity (Wildman–Crippen MR) is 167 cm³/mol. The smallest absolute Gasteiger partial charge is 0.407 e. The number of aromatic nitrogens is 2. The van der Waals surface area contributed by atoms with Crippen molar-refractivity contribution in [1.82, 2.24) is 20.2 Å². The highest BCUT2D eigenvalue weighted by Gasteiger charge is 2.38. The molecule has 1 fully saturated rings. The van der Waals surface area contributed by atoms with Crippen molar-refractivity contribution in [2.24, 2.45) is 17.8 Å². The van der Waals surface area contributed by atoms with Gasteiger partial charge in [-0.15, -0.1) is 0 Å². The molecule has 2 aliphatic rings. The Morgan fingerprint density at radius 1 is 1.00 bits per heavy atom. The fourth-order valence-electron chi connectivity index (χ4n) is 5.97. The van der Waals surface area contributed by atoms with Crippen LogP contribution in [0, 0.1) is 17.8 Å². The molecule has 1 saturated heterocycles. The molecule has 1 aromatic heterocycles. The highest BCUT2D eigenvalue weighted by Crippen LogP contribution is 2.32. The lowest BCUT2D eigenvalue weighted by Gasteiger charge is -2.32. The molecule has 236 valence electrons. The number of amides is 1. The van der Waals surface area contributed by atoms with E-state index in [1.807, 2.05) is 65.8 Å². The van der Waals surface area contributed by atoms with E-state index in [0.29, 0.717) is 31.6 Å². The molecule has 9 heteroatoms. The van der Waals surface area contributed by atoms with E-state index in [-0.39, 0.29) is 23.8 Å². The van der Waals surface area contributed by atoms with E-state index in [2.05, 4.69) is 22.1 Å². The zero-order valence-electron chi connectivity index (χ0n) is 27.0. The van der Waals surface area contributed by atoms with Crippen molar-refractivity contribution in [2.75, 3.05) is 19.6 Å². The second-order valence-corrected chi connectivity index (χ2v) is 14.0. The number of carbonyl (C=O) groups excluding carboxylic acids is 3. The van der Waals surface area contributed by atoms with Gasteiger partial charge in [-0.05, 0) is 79.7 Å². The summed E-state index contributed by atoms with van der Waals surface area (Å²) in [4.78, 5) is 43.8. The van der Waals surface area contributed by atoms with Crippen molar-refractivity contribution in [3.63, 3.8) is 0 Å². The minimum absolute atomic E-state index is 0.0368. The Hall–Kier alpha value is -3.20. The van der Waals surface area contributed by atoms with Gasteiger partial charge >= 0.3 is 12.1 Å². The average molecular weight is 595 g/mol. The van der Waals surface area contributed by atoms with Crippen LogP contribution in [0.2, 0.25) is 0 Å². The van der Waals surface area contributed by atoms with Gasteiger partial charge in [-0.3, -0.25) is 9.59 Å². The maximum absolute atomic E-state index is 13.6. The van der Waals surface area contributed by atoms with Gasteiger partial charge in [-0.2, -0.15) is 0 Å². The van der Waals surface area contributed by atoms with Crippen LogP contribution in [0.3, 0.4) is 0 Å². The molecule has 3 unspecified atom stereocenters. The van der Waals surface area contributed by atoms with Crippen LogP contribution in [0.4, 0.5) is 4.79 Å². The molecule has 2 aliphatic heterocycles. The number of hydrogen-bond donors (Lipinski definition) is 2. The summed E-state index contributed by atoms with van der Waals surface area (Å²) in [7, 11) is 0. The summed E-state index contributed by atoms with van der Waals surface area (Å²) < 4.78 is 13.4. The summed E-state index contributed by atoms with van der Waals surface area (Å²) in [5, 5.41) is 6.21. The molecule has 0 radical (unpaired) electrons. The van der Waals surface area contributed by atoms with Gasteiger partial charge in [0, 0.05) is 48.8 Å². The Morgan fingerprint density at radius 3 is 2.35 bits per heavy atom. The second-order valence-electron chi connectivity index (χ2n) is 14.0. The highest BCUT2D eigenvalue weighted by molar-refractivity contribution is 6.00. The van der Waals surface area contributed by atoms with Gasteiger partial charge in [-0.25, -0.2) is 9.78 Å². The molecular weight excluding hydrogens is 544 g/mol. The number of alkyl carbamates (subject to hydrolysis) is 1. The van der Waals surface area contributed by atoms with Crippen LogP contribution in [0.25, 0.3) is 11.3 Å². The summed E-state index contributed by atoms with van der Waals surface area (Å²) in [6, 6.07) is 7.70. The first kappa shape index (κ1) is 32.7. The summed E-state index contributed by atoms with van der Waals surface area (Å²) in [5.41, 5.74) is 2.66. The van der Waals surface area contributed by atoms with E-state index in [1.165, 1.54) is 5.69 Å². The number of unbranched alkanes of at least 4 members (excludes halogenated alkanes) is 1. The molecule has 2 aromatic rings. The largest absolute Gasteiger partial charge is 0.460 e. The van der Waals surface area contributed by atoms with Gasteiger partial charge in [0.15, 0.2) is 5.78 Å². The first-order chi connectivity index (χ1) is 20.3. The summed E-state index contributed by atoms with van der Waals surface area (Å²) in [6.07, 6.45) is 5.03. The molecule has 1 aromatic carbocycles. The van der Waals surface area contributed by atoms with E-state index < -0.39 is 23.0 Å². The van der Waals surface area contributed by atoms with Crippen LogP contribution < -0.4 is 10.6 Å². The van der Waals surface area contributed by atoms with E-state index in [1.54, 1.807) is 0 Å².